The highest BCUT2D eigenvalue weighted by Gasteiger charge is 2.21. The lowest BCUT2D eigenvalue weighted by molar-refractivity contribution is 0.393. The van der Waals surface area contributed by atoms with E-state index in [9.17, 15) is 4.39 Å². The van der Waals surface area contributed by atoms with Crippen LogP contribution in [0.1, 0.15) is 24.0 Å². The molecule has 1 heterocycles. The van der Waals surface area contributed by atoms with Gasteiger partial charge in [0, 0.05) is 62.2 Å². The molecule has 0 atom stereocenters. The van der Waals surface area contributed by atoms with Crippen LogP contribution in [-0.2, 0) is 6.54 Å². The van der Waals surface area contributed by atoms with E-state index in [1.165, 1.54) is 12.1 Å². The molecule has 2 aromatic rings. The van der Waals surface area contributed by atoms with Gasteiger partial charge in [-0.25, -0.2) is 4.39 Å². The Labute approximate surface area is 205 Å². The number of halogens is 2. The van der Waals surface area contributed by atoms with Crippen molar-refractivity contribution in [3.8, 4) is 17.6 Å². The largest absolute Gasteiger partial charge is 0.497 e. The number of guanidine groups is 1. The van der Waals surface area contributed by atoms with Crippen LogP contribution >= 0.6 is 24.0 Å². The second kappa shape index (κ2) is 12.3. The van der Waals surface area contributed by atoms with Crippen molar-refractivity contribution in [3.63, 3.8) is 0 Å². The number of hydrogen-bond donors (Lipinski definition) is 2. The first-order valence-corrected chi connectivity index (χ1v) is 10.2. The third-order valence-electron chi connectivity index (χ3n) is 5.38. The molecule has 7 nitrogen and oxygen atoms in total. The van der Waals surface area contributed by atoms with Crippen molar-refractivity contribution in [1.82, 2.24) is 10.6 Å². The quantitative estimate of drug-likeness (QED) is 0.323. The van der Waals surface area contributed by atoms with Crippen LogP contribution in [0.5, 0.6) is 11.5 Å². The second-order valence-corrected chi connectivity index (χ2v) is 7.32. The number of methoxy groups -OCH3 is 2. The molecule has 0 unspecified atom stereocenters. The number of nitrogens with zero attached hydrogens (tertiary/aromatic N) is 3. The highest BCUT2D eigenvalue weighted by Crippen LogP contribution is 2.30. The van der Waals surface area contributed by atoms with Gasteiger partial charge in [0.05, 0.1) is 25.9 Å². The van der Waals surface area contributed by atoms with Crippen molar-refractivity contribution >= 4 is 35.6 Å². The number of anilines is 1. The summed E-state index contributed by atoms with van der Waals surface area (Å²) in [4.78, 5) is 6.56. The minimum atomic E-state index is -0.344. The number of piperidine rings is 1. The fraction of sp³-hybridized carbons (Fsp3) is 0.391. The van der Waals surface area contributed by atoms with Crippen LogP contribution in [0.25, 0.3) is 0 Å². The summed E-state index contributed by atoms with van der Waals surface area (Å²) in [6.45, 7) is 2.01. The van der Waals surface area contributed by atoms with E-state index in [-0.39, 0.29) is 42.4 Å². The first-order valence-electron chi connectivity index (χ1n) is 10.2. The van der Waals surface area contributed by atoms with Gasteiger partial charge in [0.15, 0.2) is 5.96 Å². The lowest BCUT2D eigenvalue weighted by Gasteiger charge is -2.34. The number of hydrogen-bond acceptors (Lipinski definition) is 5. The van der Waals surface area contributed by atoms with Crippen molar-refractivity contribution in [1.29, 1.82) is 5.26 Å². The number of benzene rings is 2. The van der Waals surface area contributed by atoms with E-state index in [0.717, 1.165) is 43.1 Å². The van der Waals surface area contributed by atoms with E-state index >= 15 is 0 Å². The summed E-state index contributed by atoms with van der Waals surface area (Å²) in [6, 6.07) is 12.5. The van der Waals surface area contributed by atoms with Crippen molar-refractivity contribution in [2.24, 2.45) is 4.99 Å². The van der Waals surface area contributed by atoms with Gasteiger partial charge in [-0.1, -0.05) is 0 Å². The predicted molar refractivity (Wildman–Crippen MR) is 135 cm³/mol. The maximum atomic E-state index is 14.0. The lowest BCUT2D eigenvalue weighted by atomic mass is 10.0. The molecular weight excluding hydrogens is 524 g/mol. The smallest absolute Gasteiger partial charge is 0.191 e. The summed E-state index contributed by atoms with van der Waals surface area (Å²) in [5.74, 6) is 1.81. The molecule has 1 saturated heterocycles. The van der Waals surface area contributed by atoms with E-state index in [4.69, 9.17) is 14.7 Å². The zero-order valence-corrected chi connectivity index (χ0v) is 20.9. The Kier molecular flexibility index (Phi) is 9.84. The van der Waals surface area contributed by atoms with Crippen LogP contribution in [0.2, 0.25) is 0 Å². The fourth-order valence-electron chi connectivity index (χ4n) is 3.60. The van der Waals surface area contributed by atoms with Gasteiger partial charge >= 0.3 is 0 Å². The van der Waals surface area contributed by atoms with Crippen molar-refractivity contribution in [3.05, 3.63) is 53.3 Å². The van der Waals surface area contributed by atoms with Crippen molar-refractivity contribution < 1.29 is 13.9 Å². The van der Waals surface area contributed by atoms with Gasteiger partial charge in [0.1, 0.15) is 17.3 Å². The van der Waals surface area contributed by atoms with Crippen LogP contribution in [0.4, 0.5) is 10.1 Å². The fourth-order valence-corrected chi connectivity index (χ4v) is 3.60. The van der Waals surface area contributed by atoms with Gasteiger partial charge < -0.3 is 25.0 Å². The summed E-state index contributed by atoms with van der Waals surface area (Å²) in [7, 11) is 4.99. The average Bonchev–Trinajstić information content (AvgIpc) is 2.82. The molecule has 1 fully saturated rings. The first-order chi connectivity index (χ1) is 15.1. The number of aliphatic imine (C=N–C) groups is 1. The van der Waals surface area contributed by atoms with E-state index in [1.54, 1.807) is 27.3 Å². The number of rotatable bonds is 6. The summed E-state index contributed by atoms with van der Waals surface area (Å²) in [6.07, 6.45) is 1.86. The van der Waals surface area contributed by atoms with Crippen LogP contribution in [0.15, 0.2) is 41.4 Å². The summed E-state index contributed by atoms with van der Waals surface area (Å²) >= 11 is 0. The molecule has 2 N–H and O–H groups in total. The summed E-state index contributed by atoms with van der Waals surface area (Å²) in [5, 5.41) is 15.6. The van der Waals surface area contributed by atoms with Crippen molar-refractivity contribution in [2.75, 3.05) is 39.3 Å². The maximum Gasteiger partial charge on any atom is 0.191 e. The minimum Gasteiger partial charge on any atom is -0.497 e. The van der Waals surface area contributed by atoms with Gasteiger partial charge in [-0.3, -0.25) is 4.99 Å². The van der Waals surface area contributed by atoms with Crippen molar-refractivity contribution in [2.45, 2.75) is 25.4 Å². The van der Waals surface area contributed by atoms with Crippen LogP contribution in [0.3, 0.4) is 0 Å². The molecule has 3 rings (SSSR count). The second-order valence-electron chi connectivity index (χ2n) is 7.32. The SMILES string of the molecule is CN=C(NCc1cc(C#N)ccc1F)NC1CCN(c2cc(OC)cc(OC)c2)CC1.I. The Morgan fingerprint density at radius 3 is 2.38 bits per heavy atom. The van der Waals surface area contributed by atoms with Gasteiger partial charge in [0.2, 0.25) is 0 Å². The highest BCUT2D eigenvalue weighted by atomic mass is 127. The van der Waals surface area contributed by atoms with E-state index in [0.29, 0.717) is 17.1 Å². The first kappa shape index (κ1) is 25.5. The molecule has 1 aliphatic rings. The summed E-state index contributed by atoms with van der Waals surface area (Å²) in [5.41, 5.74) is 1.94. The Morgan fingerprint density at radius 2 is 1.81 bits per heavy atom. The van der Waals surface area contributed by atoms with Gasteiger partial charge in [-0.05, 0) is 31.0 Å². The maximum absolute atomic E-state index is 14.0. The molecule has 0 saturated carbocycles. The standard InChI is InChI=1S/C23H28FN5O2.HI/c1-26-23(27-15-17-10-16(14-25)4-5-22(17)24)28-18-6-8-29(9-7-18)19-11-20(30-2)13-21(12-19)31-3;/h4-5,10-13,18H,6-9,15H2,1-3H3,(H2,26,27,28);1H. The zero-order chi connectivity index (χ0) is 22.2. The molecule has 0 radical (unpaired) electrons. The number of ether oxygens (including phenoxy) is 2. The third-order valence-corrected chi connectivity index (χ3v) is 5.38. The van der Waals surface area contributed by atoms with Crippen LogP contribution in [-0.4, -0.2) is 46.4 Å². The Morgan fingerprint density at radius 1 is 1.16 bits per heavy atom. The van der Waals surface area contributed by atoms with E-state index in [1.807, 2.05) is 24.3 Å². The third kappa shape index (κ3) is 6.63. The molecule has 1 aliphatic heterocycles. The van der Waals surface area contributed by atoms with Gasteiger partial charge in [-0.15, -0.1) is 24.0 Å². The highest BCUT2D eigenvalue weighted by molar-refractivity contribution is 14.0. The molecule has 0 spiro atoms. The average molecular weight is 553 g/mol. The van der Waals surface area contributed by atoms with Crippen LogP contribution < -0.4 is 25.0 Å². The Balaban J connectivity index is 0.00000363. The number of nitriles is 1. The summed E-state index contributed by atoms with van der Waals surface area (Å²) < 4.78 is 24.7. The van der Waals surface area contributed by atoms with E-state index in [2.05, 4.69) is 20.5 Å². The molecule has 32 heavy (non-hydrogen) atoms. The molecule has 172 valence electrons. The van der Waals surface area contributed by atoms with Gasteiger partial charge in [-0.2, -0.15) is 5.26 Å². The normalized spacial score (nSPS) is 14.2. The molecular formula is C23H29FIN5O2. The predicted octanol–water partition coefficient (Wildman–Crippen LogP) is 3.67. The monoisotopic (exact) mass is 553 g/mol. The lowest BCUT2D eigenvalue weighted by Crippen LogP contribution is -2.48. The number of nitrogens with one attached hydrogen (secondary N) is 2. The minimum absolute atomic E-state index is 0. The molecule has 9 heteroatoms. The Hall–Kier alpha value is -2.74. The molecule has 0 aliphatic carbocycles. The van der Waals surface area contributed by atoms with Gasteiger partial charge in [0.25, 0.3) is 0 Å². The molecule has 0 aromatic heterocycles. The zero-order valence-electron chi connectivity index (χ0n) is 18.5. The molecule has 2 aromatic carbocycles. The van der Waals surface area contributed by atoms with Crippen LogP contribution in [0, 0.1) is 17.1 Å². The van der Waals surface area contributed by atoms with E-state index < -0.39 is 0 Å². The molecule has 0 amide bonds. The Bertz CT molecular complexity index is 949. The molecule has 0 bridgehead atoms. The topological polar surface area (TPSA) is 81.9 Å².